The van der Waals surface area contributed by atoms with E-state index in [-0.39, 0.29) is 24.3 Å². The molecule has 2 amide bonds. The third-order valence-corrected chi connectivity index (χ3v) is 4.22. The molecular formula is C21H27N3O2. The third kappa shape index (κ3) is 6.33. The summed E-state index contributed by atoms with van der Waals surface area (Å²) in [6.07, 6.45) is 1.00. The zero-order valence-electron chi connectivity index (χ0n) is 15.2. The number of hydrogen-bond donors (Lipinski definition) is 2. The quantitative estimate of drug-likeness (QED) is 0.726. The van der Waals surface area contributed by atoms with Gasteiger partial charge in [-0.15, -0.1) is 0 Å². The van der Waals surface area contributed by atoms with Gasteiger partial charge >= 0.3 is 0 Å². The Morgan fingerprint density at radius 1 is 1.00 bits per heavy atom. The fourth-order valence-electron chi connectivity index (χ4n) is 2.91. The summed E-state index contributed by atoms with van der Waals surface area (Å²) in [7, 11) is 0. The Kier molecular flexibility index (Phi) is 7.83. The molecule has 2 rings (SSSR count). The number of nitrogens with one attached hydrogen (secondary N) is 1. The molecule has 2 aromatic rings. The minimum absolute atomic E-state index is 0.00557. The highest BCUT2D eigenvalue weighted by Crippen LogP contribution is 2.18. The van der Waals surface area contributed by atoms with Crippen molar-refractivity contribution in [1.82, 2.24) is 10.2 Å². The van der Waals surface area contributed by atoms with Crippen LogP contribution < -0.4 is 11.1 Å². The predicted octanol–water partition coefficient (Wildman–Crippen LogP) is 2.28. The van der Waals surface area contributed by atoms with Gasteiger partial charge in [0, 0.05) is 26.6 Å². The maximum atomic E-state index is 12.8. The van der Waals surface area contributed by atoms with Crippen molar-refractivity contribution in [2.24, 2.45) is 5.73 Å². The van der Waals surface area contributed by atoms with Crippen LogP contribution in [-0.4, -0.2) is 36.3 Å². The van der Waals surface area contributed by atoms with E-state index in [9.17, 15) is 9.59 Å². The molecular weight excluding hydrogens is 326 g/mol. The van der Waals surface area contributed by atoms with Crippen LogP contribution in [0.4, 0.5) is 0 Å². The molecule has 0 aliphatic heterocycles. The van der Waals surface area contributed by atoms with Crippen molar-refractivity contribution < 1.29 is 9.59 Å². The lowest BCUT2D eigenvalue weighted by molar-refractivity contribution is -0.132. The highest BCUT2D eigenvalue weighted by atomic mass is 16.2. The summed E-state index contributed by atoms with van der Waals surface area (Å²) in [5.41, 5.74) is 7.80. The van der Waals surface area contributed by atoms with Crippen molar-refractivity contribution in [3.05, 3.63) is 71.8 Å². The van der Waals surface area contributed by atoms with Gasteiger partial charge in [0.05, 0.1) is 12.5 Å². The highest BCUT2D eigenvalue weighted by molar-refractivity contribution is 5.79. The van der Waals surface area contributed by atoms with Crippen LogP contribution in [0.5, 0.6) is 0 Å². The van der Waals surface area contributed by atoms with Gasteiger partial charge in [-0.05, 0) is 17.5 Å². The molecule has 26 heavy (non-hydrogen) atoms. The molecule has 2 aromatic carbocycles. The third-order valence-electron chi connectivity index (χ3n) is 4.22. The summed E-state index contributed by atoms with van der Waals surface area (Å²) in [5.74, 6) is -0.157. The van der Waals surface area contributed by atoms with E-state index in [4.69, 9.17) is 5.73 Å². The van der Waals surface area contributed by atoms with Gasteiger partial charge in [-0.2, -0.15) is 0 Å². The van der Waals surface area contributed by atoms with E-state index in [1.54, 1.807) is 4.90 Å². The van der Waals surface area contributed by atoms with E-state index in [2.05, 4.69) is 17.4 Å². The molecule has 1 atom stereocenters. The second-order valence-corrected chi connectivity index (χ2v) is 6.27. The molecule has 0 bridgehead atoms. The topological polar surface area (TPSA) is 75.4 Å². The molecule has 0 aliphatic carbocycles. The van der Waals surface area contributed by atoms with Gasteiger partial charge in [0.1, 0.15) is 0 Å². The zero-order chi connectivity index (χ0) is 18.8. The standard InChI is InChI=1S/C21H27N3O2/c1-17(25)23-20(19-10-6-3-7-11-19)16-21(26)24(15-13-22)14-12-18-8-4-2-5-9-18/h2-11,20H,12-16,22H2,1H3,(H,23,25). The maximum absolute atomic E-state index is 12.8. The van der Waals surface area contributed by atoms with Gasteiger partial charge in [0.2, 0.25) is 11.8 Å². The van der Waals surface area contributed by atoms with Crippen LogP contribution >= 0.6 is 0 Å². The average Bonchev–Trinajstić information content (AvgIpc) is 2.65. The number of nitrogens with two attached hydrogens (primary N) is 1. The zero-order valence-corrected chi connectivity index (χ0v) is 15.2. The molecule has 5 nitrogen and oxygen atoms in total. The molecule has 3 N–H and O–H groups in total. The molecule has 0 saturated carbocycles. The average molecular weight is 353 g/mol. The molecule has 0 fully saturated rings. The van der Waals surface area contributed by atoms with E-state index in [1.165, 1.54) is 12.5 Å². The maximum Gasteiger partial charge on any atom is 0.225 e. The lowest BCUT2D eigenvalue weighted by atomic mass is 10.0. The summed E-state index contributed by atoms with van der Waals surface area (Å²) in [5, 5.41) is 2.88. The number of carbonyl (C=O) groups is 2. The summed E-state index contributed by atoms with van der Waals surface area (Å²) < 4.78 is 0. The fraction of sp³-hybridized carbons (Fsp3) is 0.333. The van der Waals surface area contributed by atoms with E-state index < -0.39 is 0 Å². The Labute approximate surface area is 155 Å². The molecule has 0 saturated heterocycles. The van der Waals surface area contributed by atoms with Crippen LogP contribution in [0, 0.1) is 0 Å². The van der Waals surface area contributed by atoms with Crippen LogP contribution in [0.15, 0.2) is 60.7 Å². The largest absolute Gasteiger partial charge is 0.349 e. The van der Waals surface area contributed by atoms with E-state index in [1.807, 2.05) is 48.5 Å². The smallest absolute Gasteiger partial charge is 0.225 e. The number of benzene rings is 2. The number of hydrogen-bond acceptors (Lipinski definition) is 3. The van der Waals surface area contributed by atoms with Gasteiger partial charge < -0.3 is 16.0 Å². The molecule has 0 aromatic heterocycles. The number of rotatable bonds is 9. The van der Waals surface area contributed by atoms with Crippen molar-refractivity contribution >= 4 is 11.8 Å². The second-order valence-electron chi connectivity index (χ2n) is 6.27. The number of nitrogens with zero attached hydrogens (tertiary/aromatic N) is 1. The molecule has 0 heterocycles. The predicted molar refractivity (Wildman–Crippen MR) is 103 cm³/mol. The molecule has 0 aliphatic rings. The van der Waals surface area contributed by atoms with Gasteiger partial charge in [0.15, 0.2) is 0 Å². The van der Waals surface area contributed by atoms with Gasteiger partial charge in [-0.3, -0.25) is 9.59 Å². The van der Waals surface area contributed by atoms with Gasteiger partial charge in [-0.1, -0.05) is 60.7 Å². The Balaban J connectivity index is 2.04. The second kappa shape index (κ2) is 10.4. The van der Waals surface area contributed by atoms with Crippen LogP contribution in [0.1, 0.15) is 30.5 Å². The normalized spacial score (nSPS) is 11.6. The van der Waals surface area contributed by atoms with Gasteiger partial charge in [0.25, 0.3) is 0 Å². The Bertz CT molecular complexity index is 689. The van der Waals surface area contributed by atoms with Crippen LogP contribution in [-0.2, 0) is 16.0 Å². The monoisotopic (exact) mass is 353 g/mol. The van der Waals surface area contributed by atoms with Crippen molar-refractivity contribution in [2.75, 3.05) is 19.6 Å². The summed E-state index contributed by atoms with van der Waals surface area (Å²) in [6.45, 7) is 3.00. The van der Waals surface area contributed by atoms with Crippen molar-refractivity contribution in [3.63, 3.8) is 0 Å². The fourth-order valence-corrected chi connectivity index (χ4v) is 2.91. The van der Waals surface area contributed by atoms with Crippen LogP contribution in [0.3, 0.4) is 0 Å². The lowest BCUT2D eigenvalue weighted by Gasteiger charge is -2.25. The van der Waals surface area contributed by atoms with Crippen LogP contribution in [0.25, 0.3) is 0 Å². The van der Waals surface area contributed by atoms with Crippen molar-refractivity contribution in [3.8, 4) is 0 Å². The van der Waals surface area contributed by atoms with Crippen molar-refractivity contribution in [1.29, 1.82) is 0 Å². The van der Waals surface area contributed by atoms with E-state index in [0.29, 0.717) is 19.6 Å². The summed E-state index contributed by atoms with van der Waals surface area (Å²) in [6, 6.07) is 19.3. The number of amides is 2. The first-order valence-electron chi connectivity index (χ1n) is 8.94. The van der Waals surface area contributed by atoms with E-state index in [0.717, 1.165) is 12.0 Å². The summed E-state index contributed by atoms with van der Waals surface area (Å²) >= 11 is 0. The van der Waals surface area contributed by atoms with Crippen molar-refractivity contribution in [2.45, 2.75) is 25.8 Å². The molecule has 138 valence electrons. The minimum Gasteiger partial charge on any atom is -0.349 e. The first-order valence-corrected chi connectivity index (χ1v) is 8.94. The Morgan fingerprint density at radius 2 is 1.62 bits per heavy atom. The molecule has 5 heteroatoms. The number of carbonyl (C=O) groups excluding carboxylic acids is 2. The van der Waals surface area contributed by atoms with Crippen LogP contribution in [0.2, 0.25) is 0 Å². The highest BCUT2D eigenvalue weighted by Gasteiger charge is 2.21. The molecule has 0 spiro atoms. The van der Waals surface area contributed by atoms with Gasteiger partial charge in [-0.25, -0.2) is 0 Å². The first kappa shape index (κ1) is 19.7. The Hall–Kier alpha value is -2.66. The SMILES string of the molecule is CC(=O)NC(CC(=O)N(CCN)CCc1ccccc1)c1ccccc1. The Morgan fingerprint density at radius 3 is 2.19 bits per heavy atom. The van der Waals surface area contributed by atoms with E-state index >= 15 is 0 Å². The summed E-state index contributed by atoms with van der Waals surface area (Å²) in [4.78, 5) is 26.2. The molecule has 0 radical (unpaired) electrons. The minimum atomic E-state index is -0.335. The molecule has 1 unspecified atom stereocenters. The first-order chi connectivity index (χ1) is 12.6. The lowest BCUT2D eigenvalue weighted by Crippen LogP contribution is -2.39.